The van der Waals surface area contributed by atoms with E-state index in [4.69, 9.17) is 10.5 Å². The molecule has 0 bridgehead atoms. The summed E-state index contributed by atoms with van der Waals surface area (Å²) >= 11 is 0. The monoisotopic (exact) mass is 286 g/mol. The average Bonchev–Trinajstić information content (AvgIpc) is 3.15. The Labute approximate surface area is 124 Å². The van der Waals surface area contributed by atoms with E-state index in [0.29, 0.717) is 18.9 Å². The lowest BCUT2D eigenvalue weighted by Crippen LogP contribution is -2.35. The number of nitrogens with one attached hydrogen (secondary N) is 1. The van der Waals surface area contributed by atoms with Crippen molar-refractivity contribution in [2.75, 3.05) is 6.61 Å². The third kappa shape index (κ3) is 3.27. The Morgan fingerprint density at radius 1 is 1.33 bits per heavy atom. The van der Waals surface area contributed by atoms with Gasteiger partial charge >= 0.3 is 5.97 Å². The summed E-state index contributed by atoms with van der Waals surface area (Å²) in [6, 6.07) is 7.44. The Morgan fingerprint density at radius 3 is 2.90 bits per heavy atom. The van der Waals surface area contributed by atoms with Crippen molar-refractivity contribution in [2.24, 2.45) is 11.7 Å². The van der Waals surface area contributed by atoms with Crippen molar-refractivity contribution in [1.82, 2.24) is 4.98 Å². The van der Waals surface area contributed by atoms with Crippen LogP contribution in [0, 0.1) is 5.92 Å². The number of aromatic amines is 1. The van der Waals surface area contributed by atoms with E-state index in [0.717, 1.165) is 16.5 Å². The molecule has 1 aromatic carbocycles. The fraction of sp³-hybridized carbons (Fsp3) is 0.471. The van der Waals surface area contributed by atoms with Gasteiger partial charge in [0, 0.05) is 23.5 Å². The zero-order valence-electron chi connectivity index (χ0n) is 12.2. The second-order valence-corrected chi connectivity index (χ2v) is 5.95. The number of aromatic nitrogens is 1. The number of hydrogen-bond donors (Lipinski definition) is 2. The lowest BCUT2D eigenvalue weighted by atomic mass is 10.1. The van der Waals surface area contributed by atoms with Gasteiger partial charge in [0.25, 0.3) is 0 Å². The van der Waals surface area contributed by atoms with E-state index < -0.39 is 6.04 Å². The fourth-order valence-electron chi connectivity index (χ4n) is 3.10. The lowest BCUT2D eigenvalue weighted by molar-refractivity contribution is -0.146. The average molecular weight is 286 g/mol. The molecule has 0 radical (unpaired) electrons. The summed E-state index contributed by atoms with van der Waals surface area (Å²) in [6.45, 7) is 0.528. The van der Waals surface area contributed by atoms with Crippen LogP contribution in [0.4, 0.5) is 0 Å². The first kappa shape index (κ1) is 14.1. The number of para-hydroxylation sites is 1. The van der Waals surface area contributed by atoms with Gasteiger partial charge in [0.05, 0.1) is 6.61 Å². The molecular weight excluding hydrogens is 264 g/mol. The number of H-pyrrole nitrogens is 1. The first-order chi connectivity index (χ1) is 10.2. The van der Waals surface area contributed by atoms with E-state index >= 15 is 0 Å². The molecule has 1 aromatic heterocycles. The summed E-state index contributed by atoms with van der Waals surface area (Å²) in [6.07, 6.45) is 7.28. The zero-order chi connectivity index (χ0) is 14.7. The number of hydrogen-bond acceptors (Lipinski definition) is 3. The minimum absolute atomic E-state index is 0.285. The number of benzene rings is 1. The molecule has 1 heterocycles. The van der Waals surface area contributed by atoms with Gasteiger partial charge in [0.1, 0.15) is 6.04 Å². The first-order valence-corrected chi connectivity index (χ1v) is 7.71. The maximum Gasteiger partial charge on any atom is 0.323 e. The SMILES string of the molecule is N[C@H](Cc1c[nH]c2ccccc12)C(=O)OCC1CCCC1. The van der Waals surface area contributed by atoms with E-state index in [1.807, 2.05) is 30.5 Å². The van der Waals surface area contributed by atoms with Crippen LogP contribution in [0.3, 0.4) is 0 Å². The molecule has 1 aliphatic carbocycles. The molecule has 4 nitrogen and oxygen atoms in total. The Morgan fingerprint density at radius 2 is 2.10 bits per heavy atom. The molecule has 2 aromatic rings. The maximum atomic E-state index is 12.0. The Kier molecular flexibility index (Phi) is 4.25. The molecule has 3 N–H and O–H groups in total. The molecule has 0 spiro atoms. The molecule has 1 fully saturated rings. The third-order valence-electron chi connectivity index (χ3n) is 4.35. The van der Waals surface area contributed by atoms with Gasteiger partial charge in [0.2, 0.25) is 0 Å². The highest BCUT2D eigenvalue weighted by molar-refractivity contribution is 5.84. The maximum absolute atomic E-state index is 12.0. The standard InChI is InChI=1S/C17H22N2O2/c18-15(17(20)21-11-12-5-1-2-6-12)9-13-10-19-16-8-4-3-7-14(13)16/h3-4,7-8,10,12,15,19H,1-2,5-6,9,11,18H2/t15-/m1/s1. The van der Waals surface area contributed by atoms with Gasteiger partial charge in [-0.15, -0.1) is 0 Å². The van der Waals surface area contributed by atoms with Crippen molar-refractivity contribution in [3.05, 3.63) is 36.0 Å². The van der Waals surface area contributed by atoms with Gasteiger partial charge in [-0.25, -0.2) is 0 Å². The van der Waals surface area contributed by atoms with Crippen LogP contribution in [0.15, 0.2) is 30.5 Å². The number of carbonyl (C=O) groups is 1. The van der Waals surface area contributed by atoms with Crippen LogP contribution in [-0.4, -0.2) is 23.6 Å². The van der Waals surface area contributed by atoms with E-state index in [1.165, 1.54) is 25.7 Å². The summed E-state index contributed by atoms with van der Waals surface area (Å²) < 4.78 is 5.37. The van der Waals surface area contributed by atoms with Crippen LogP contribution in [0.25, 0.3) is 10.9 Å². The number of ether oxygens (including phenoxy) is 1. The minimum atomic E-state index is -0.592. The second-order valence-electron chi connectivity index (χ2n) is 5.95. The number of carbonyl (C=O) groups excluding carboxylic acids is 1. The fourth-order valence-corrected chi connectivity index (χ4v) is 3.10. The minimum Gasteiger partial charge on any atom is -0.464 e. The van der Waals surface area contributed by atoms with Crippen molar-refractivity contribution in [2.45, 2.75) is 38.1 Å². The summed E-state index contributed by atoms with van der Waals surface area (Å²) in [4.78, 5) is 15.2. The number of rotatable bonds is 5. The molecule has 0 aliphatic heterocycles. The smallest absolute Gasteiger partial charge is 0.323 e. The van der Waals surface area contributed by atoms with Crippen LogP contribution in [0.2, 0.25) is 0 Å². The molecule has 1 aliphatic rings. The van der Waals surface area contributed by atoms with Crippen LogP contribution in [-0.2, 0) is 16.0 Å². The molecular formula is C17H22N2O2. The molecule has 0 amide bonds. The third-order valence-corrected chi connectivity index (χ3v) is 4.35. The predicted molar refractivity (Wildman–Crippen MR) is 82.9 cm³/mol. The van der Waals surface area contributed by atoms with Gasteiger partial charge in [-0.1, -0.05) is 31.0 Å². The molecule has 1 saturated carbocycles. The highest BCUT2D eigenvalue weighted by Crippen LogP contribution is 2.25. The van der Waals surface area contributed by atoms with Crippen molar-refractivity contribution in [3.63, 3.8) is 0 Å². The molecule has 0 saturated heterocycles. The van der Waals surface area contributed by atoms with E-state index in [2.05, 4.69) is 4.98 Å². The molecule has 0 unspecified atom stereocenters. The molecule has 4 heteroatoms. The Hall–Kier alpha value is -1.81. The van der Waals surface area contributed by atoms with Crippen molar-refractivity contribution in [1.29, 1.82) is 0 Å². The van der Waals surface area contributed by atoms with Gasteiger partial charge in [-0.05, 0) is 30.4 Å². The first-order valence-electron chi connectivity index (χ1n) is 7.71. The van der Waals surface area contributed by atoms with Gasteiger partial charge in [-0.3, -0.25) is 4.79 Å². The van der Waals surface area contributed by atoms with Crippen molar-refractivity contribution >= 4 is 16.9 Å². The van der Waals surface area contributed by atoms with E-state index in [9.17, 15) is 4.79 Å². The number of esters is 1. The van der Waals surface area contributed by atoms with E-state index in [1.54, 1.807) is 0 Å². The summed E-state index contributed by atoms with van der Waals surface area (Å²) in [7, 11) is 0. The predicted octanol–water partition coefficient (Wildman–Crippen LogP) is 2.77. The second kappa shape index (κ2) is 6.31. The molecule has 21 heavy (non-hydrogen) atoms. The van der Waals surface area contributed by atoms with Crippen molar-refractivity contribution < 1.29 is 9.53 Å². The lowest BCUT2D eigenvalue weighted by Gasteiger charge is -2.14. The number of nitrogens with two attached hydrogens (primary N) is 1. The van der Waals surface area contributed by atoms with Gasteiger partial charge in [0.15, 0.2) is 0 Å². The van der Waals surface area contributed by atoms with Crippen LogP contribution >= 0.6 is 0 Å². The summed E-state index contributed by atoms with van der Waals surface area (Å²) in [5, 5.41) is 1.12. The molecule has 112 valence electrons. The van der Waals surface area contributed by atoms with Crippen molar-refractivity contribution in [3.8, 4) is 0 Å². The largest absolute Gasteiger partial charge is 0.464 e. The molecule has 1 atom stereocenters. The quantitative estimate of drug-likeness (QED) is 0.830. The van der Waals surface area contributed by atoms with Crippen LogP contribution in [0.1, 0.15) is 31.2 Å². The Bertz CT molecular complexity index is 614. The summed E-state index contributed by atoms with van der Waals surface area (Å²) in [5.41, 5.74) is 8.13. The van der Waals surface area contributed by atoms with Gasteiger partial charge in [-0.2, -0.15) is 0 Å². The molecule has 3 rings (SSSR count). The van der Waals surface area contributed by atoms with Crippen LogP contribution in [0.5, 0.6) is 0 Å². The van der Waals surface area contributed by atoms with E-state index in [-0.39, 0.29) is 5.97 Å². The normalized spacial score (nSPS) is 17.2. The topological polar surface area (TPSA) is 68.1 Å². The number of fused-ring (bicyclic) bond motifs is 1. The van der Waals surface area contributed by atoms with Gasteiger partial charge < -0.3 is 15.5 Å². The van der Waals surface area contributed by atoms with Crippen LogP contribution < -0.4 is 5.73 Å². The highest BCUT2D eigenvalue weighted by Gasteiger charge is 2.21. The Balaban J connectivity index is 1.57. The zero-order valence-corrected chi connectivity index (χ0v) is 12.2. The highest BCUT2D eigenvalue weighted by atomic mass is 16.5. The summed E-state index contributed by atoms with van der Waals surface area (Å²) in [5.74, 6) is 0.251.